The molecule has 1 amide bonds. The first-order chi connectivity index (χ1) is 9.69. The van der Waals surface area contributed by atoms with Gasteiger partial charge in [0.1, 0.15) is 0 Å². The highest BCUT2D eigenvalue weighted by atomic mass is 16.5. The summed E-state index contributed by atoms with van der Waals surface area (Å²) < 4.78 is 6.05. The number of likely N-dealkylation sites (tertiary alicyclic amines) is 1. The summed E-state index contributed by atoms with van der Waals surface area (Å²) in [5, 5.41) is 0. The van der Waals surface area contributed by atoms with Crippen molar-refractivity contribution in [1.29, 1.82) is 0 Å². The van der Waals surface area contributed by atoms with E-state index < -0.39 is 0 Å². The molecule has 0 unspecified atom stereocenters. The second-order valence-electron chi connectivity index (χ2n) is 5.84. The van der Waals surface area contributed by atoms with Crippen molar-refractivity contribution in [2.24, 2.45) is 0 Å². The molecule has 2 saturated heterocycles. The minimum Gasteiger partial charge on any atom is -0.370 e. The van der Waals surface area contributed by atoms with E-state index in [1.807, 2.05) is 4.90 Å². The summed E-state index contributed by atoms with van der Waals surface area (Å²) in [6.07, 6.45) is 5.50. The average molecular weight is 275 g/mol. The number of nitrogens with zero attached hydrogens (tertiary/aromatic N) is 3. The van der Waals surface area contributed by atoms with Gasteiger partial charge in [0, 0.05) is 31.0 Å². The van der Waals surface area contributed by atoms with Crippen molar-refractivity contribution in [1.82, 2.24) is 14.8 Å². The van der Waals surface area contributed by atoms with Crippen LogP contribution in [0.25, 0.3) is 0 Å². The van der Waals surface area contributed by atoms with Gasteiger partial charge in [-0.15, -0.1) is 0 Å². The summed E-state index contributed by atoms with van der Waals surface area (Å²) in [6, 6.07) is 3.55. The first-order valence-corrected chi connectivity index (χ1v) is 7.20. The Labute approximate surface area is 119 Å². The van der Waals surface area contributed by atoms with Crippen LogP contribution in [0, 0.1) is 0 Å². The van der Waals surface area contributed by atoms with Crippen LogP contribution in [0.3, 0.4) is 0 Å². The first kappa shape index (κ1) is 13.5. The normalized spacial score (nSPS) is 27.8. The van der Waals surface area contributed by atoms with Gasteiger partial charge in [0.05, 0.1) is 18.8 Å². The first-order valence-electron chi connectivity index (χ1n) is 7.20. The SMILES string of the molecule is CN1CCC[C@]2(C1)CN(C(=O)c1ccncc1)CCO2. The summed E-state index contributed by atoms with van der Waals surface area (Å²) in [7, 11) is 2.12. The maximum Gasteiger partial charge on any atom is 0.254 e. The number of aromatic nitrogens is 1. The number of carbonyl (C=O) groups is 1. The van der Waals surface area contributed by atoms with Gasteiger partial charge >= 0.3 is 0 Å². The Balaban J connectivity index is 1.73. The van der Waals surface area contributed by atoms with Crippen molar-refractivity contribution in [2.45, 2.75) is 18.4 Å². The zero-order valence-electron chi connectivity index (χ0n) is 11.9. The second-order valence-corrected chi connectivity index (χ2v) is 5.84. The van der Waals surface area contributed by atoms with Crippen LogP contribution in [0.1, 0.15) is 23.2 Å². The molecule has 1 spiro atoms. The Bertz CT molecular complexity index is 475. The van der Waals surface area contributed by atoms with Crippen molar-refractivity contribution in [3.05, 3.63) is 30.1 Å². The van der Waals surface area contributed by atoms with Gasteiger partial charge in [0.25, 0.3) is 5.91 Å². The average Bonchev–Trinajstić information content (AvgIpc) is 2.47. The molecule has 20 heavy (non-hydrogen) atoms. The van der Waals surface area contributed by atoms with E-state index in [2.05, 4.69) is 16.9 Å². The van der Waals surface area contributed by atoms with Crippen LogP contribution in [0.4, 0.5) is 0 Å². The lowest BCUT2D eigenvalue weighted by Crippen LogP contribution is -2.60. The summed E-state index contributed by atoms with van der Waals surface area (Å²) in [5.41, 5.74) is 0.537. The lowest BCUT2D eigenvalue weighted by Gasteiger charge is -2.47. The molecule has 2 aliphatic heterocycles. The summed E-state index contributed by atoms with van der Waals surface area (Å²) in [5.74, 6) is 0.0864. The van der Waals surface area contributed by atoms with E-state index in [4.69, 9.17) is 4.74 Å². The summed E-state index contributed by atoms with van der Waals surface area (Å²) >= 11 is 0. The highest BCUT2D eigenvalue weighted by Crippen LogP contribution is 2.28. The Morgan fingerprint density at radius 3 is 2.85 bits per heavy atom. The van der Waals surface area contributed by atoms with E-state index in [1.54, 1.807) is 24.5 Å². The van der Waals surface area contributed by atoms with Gasteiger partial charge in [0.15, 0.2) is 0 Å². The fraction of sp³-hybridized carbons (Fsp3) is 0.600. The molecular formula is C15H21N3O2. The van der Waals surface area contributed by atoms with Crippen molar-refractivity contribution >= 4 is 5.91 Å². The largest absolute Gasteiger partial charge is 0.370 e. The van der Waals surface area contributed by atoms with Gasteiger partial charge in [-0.2, -0.15) is 0 Å². The van der Waals surface area contributed by atoms with Gasteiger partial charge in [-0.3, -0.25) is 9.78 Å². The number of carbonyl (C=O) groups excluding carboxylic acids is 1. The van der Waals surface area contributed by atoms with Crippen molar-refractivity contribution in [3.63, 3.8) is 0 Å². The molecule has 0 aromatic carbocycles. The van der Waals surface area contributed by atoms with Crippen LogP contribution in [0.5, 0.6) is 0 Å². The number of hydrogen-bond acceptors (Lipinski definition) is 4. The minimum atomic E-state index is -0.173. The third-order valence-corrected chi connectivity index (χ3v) is 4.19. The topological polar surface area (TPSA) is 45.7 Å². The second kappa shape index (κ2) is 5.50. The summed E-state index contributed by atoms with van der Waals surface area (Å²) in [4.78, 5) is 20.7. The zero-order chi connectivity index (χ0) is 14.0. The van der Waals surface area contributed by atoms with Gasteiger partial charge in [0.2, 0.25) is 0 Å². The monoisotopic (exact) mass is 275 g/mol. The van der Waals surface area contributed by atoms with Crippen molar-refractivity contribution in [3.8, 4) is 0 Å². The molecule has 5 nitrogen and oxygen atoms in total. The van der Waals surface area contributed by atoms with Crippen LogP contribution in [-0.2, 0) is 4.74 Å². The molecule has 5 heteroatoms. The molecule has 0 aliphatic carbocycles. The predicted molar refractivity (Wildman–Crippen MR) is 75.6 cm³/mol. The molecular weight excluding hydrogens is 254 g/mol. The van der Waals surface area contributed by atoms with E-state index in [1.165, 1.54) is 0 Å². The van der Waals surface area contributed by atoms with E-state index in [0.717, 1.165) is 25.9 Å². The number of amides is 1. The maximum absolute atomic E-state index is 12.5. The minimum absolute atomic E-state index is 0.0864. The van der Waals surface area contributed by atoms with Crippen LogP contribution in [-0.4, -0.2) is 66.1 Å². The highest BCUT2D eigenvalue weighted by Gasteiger charge is 2.41. The number of hydrogen-bond donors (Lipinski definition) is 0. The van der Waals surface area contributed by atoms with Gasteiger partial charge in [-0.25, -0.2) is 0 Å². The van der Waals surface area contributed by atoms with E-state index in [0.29, 0.717) is 25.3 Å². The zero-order valence-corrected chi connectivity index (χ0v) is 11.9. The van der Waals surface area contributed by atoms with E-state index in [-0.39, 0.29) is 11.5 Å². The smallest absolute Gasteiger partial charge is 0.254 e. The number of rotatable bonds is 1. The van der Waals surface area contributed by atoms with Crippen LogP contribution < -0.4 is 0 Å². The molecule has 3 heterocycles. The quantitative estimate of drug-likeness (QED) is 0.767. The van der Waals surface area contributed by atoms with Gasteiger partial charge in [-0.05, 0) is 38.6 Å². The van der Waals surface area contributed by atoms with E-state index >= 15 is 0 Å². The van der Waals surface area contributed by atoms with Crippen LogP contribution >= 0.6 is 0 Å². The Kier molecular flexibility index (Phi) is 3.72. The number of pyridine rings is 1. The fourth-order valence-corrected chi connectivity index (χ4v) is 3.26. The standard InChI is InChI=1S/C15H21N3O2/c1-17-8-2-5-15(11-17)12-18(9-10-20-15)14(19)13-3-6-16-7-4-13/h3-4,6-7H,2,5,8-12H2,1H3/t15-/m0/s1. The molecule has 0 radical (unpaired) electrons. The van der Waals surface area contributed by atoms with Crippen molar-refractivity contribution < 1.29 is 9.53 Å². The molecule has 0 N–H and O–H groups in total. The van der Waals surface area contributed by atoms with Crippen LogP contribution in [0.15, 0.2) is 24.5 Å². The molecule has 108 valence electrons. The Hall–Kier alpha value is -1.46. The predicted octanol–water partition coefficient (Wildman–Crippen LogP) is 1.02. The van der Waals surface area contributed by atoms with Crippen LogP contribution in [0.2, 0.25) is 0 Å². The molecule has 1 aromatic heterocycles. The number of ether oxygens (including phenoxy) is 1. The lowest BCUT2D eigenvalue weighted by atomic mass is 9.91. The molecule has 2 fully saturated rings. The number of morpholine rings is 1. The molecule has 2 aliphatic rings. The lowest BCUT2D eigenvalue weighted by molar-refractivity contribution is -0.128. The van der Waals surface area contributed by atoms with Gasteiger partial charge < -0.3 is 14.5 Å². The highest BCUT2D eigenvalue weighted by molar-refractivity contribution is 5.94. The Morgan fingerprint density at radius 1 is 1.30 bits per heavy atom. The van der Waals surface area contributed by atoms with Gasteiger partial charge in [-0.1, -0.05) is 0 Å². The molecule has 0 saturated carbocycles. The maximum atomic E-state index is 12.5. The number of piperidine rings is 1. The molecule has 1 aromatic rings. The number of likely N-dealkylation sites (N-methyl/N-ethyl adjacent to an activating group) is 1. The third kappa shape index (κ3) is 2.69. The molecule has 1 atom stereocenters. The Morgan fingerprint density at radius 2 is 2.10 bits per heavy atom. The van der Waals surface area contributed by atoms with Crippen molar-refractivity contribution in [2.75, 3.05) is 39.8 Å². The van der Waals surface area contributed by atoms with E-state index in [9.17, 15) is 4.79 Å². The fourth-order valence-electron chi connectivity index (χ4n) is 3.26. The molecule has 3 rings (SSSR count). The summed E-state index contributed by atoms with van der Waals surface area (Å²) in [6.45, 7) is 4.02. The molecule has 0 bridgehead atoms. The third-order valence-electron chi connectivity index (χ3n) is 4.19.